The zero-order valence-electron chi connectivity index (χ0n) is 4.57. The smallest absolute Gasteiger partial charge is 0.0612 e. The molecule has 0 aromatic carbocycles. The van der Waals surface area contributed by atoms with E-state index in [-0.39, 0.29) is 9.13 Å². The summed E-state index contributed by atoms with van der Waals surface area (Å²) in [5.74, 6) is 0. The van der Waals surface area contributed by atoms with E-state index in [1.165, 1.54) is 0 Å². The molecule has 9 heavy (non-hydrogen) atoms. The molecule has 0 fully saturated rings. The Morgan fingerprint density at radius 1 is 1.44 bits per heavy atom. The van der Waals surface area contributed by atoms with E-state index in [9.17, 15) is 0 Å². The first kappa shape index (κ1) is 7.49. The van der Waals surface area contributed by atoms with Crippen molar-refractivity contribution in [3.8, 4) is 0 Å². The fourth-order valence-corrected chi connectivity index (χ4v) is 4.68. The highest BCUT2D eigenvalue weighted by atomic mass is 79.9. The molecule has 1 rings (SSSR count). The molecular weight excluding hydrogens is 264 g/mol. The molecule has 1 aliphatic rings. The molecule has 5 heteroatoms. The van der Waals surface area contributed by atoms with Gasteiger partial charge in [0.2, 0.25) is 0 Å². The normalized spacial score (nSPS) is 26.9. The van der Waals surface area contributed by atoms with Crippen LogP contribution in [-0.2, 0) is 0 Å². The average Bonchev–Trinajstić information content (AvgIpc) is 1.98. The monoisotopic (exact) mass is 268 g/mol. The van der Waals surface area contributed by atoms with Gasteiger partial charge in [0.25, 0.3) is 0 Å². The molecule has 2 nitrogen and oxygen atoms in total. The summed E-state index contributed by atoms with van der Waals surface area (Å²) in [6.07, 6.45) is 0. The Kier molecular flexibility index (Phi) is 2.13. The van der Waals surface area contributed by atoms with Gasteiger partial charge in [0.05, 0.1) is 10.1 Å². The summed E-state index contributed by atoms with van der Waals surface area (Å²) in [5, 5.41) is 0. The van der Waals surface area contributed by atoms with Crippen LogP contribution >= 0.6 is 31.9 Å². The number of nitrogens with two attached hydrogens (primary N) is 2. The molecule has 1 heterocycles. The molecule has 0 spiro atoms. The summed E-state index contributed by atoms with van der Waals surface area (Å²) in [4.78, 5) is 0. The van der Waals surface area contributed by atoms with Crippen LogP contribution in [0.2, 0.25) is 0 Å². The minimum absolute atomic E-state index is 0.183. The highest BCUT2D eigenvalue weighted by molar-refractivity contribution is 9.19. The van der Waals surface area contributed by atoms with Gasteiger partial charge in [0.15, 0.2) is 0 Å². The molecule has 1 unspecified atom stereocenters. The van der Waals surface area contributed by atoms with Crippen LogP contribution in [0.15, 0.2) is 11.4 Å². The third kappa shape index (κ3) is 1.27. The molecule has 0 bridgehead atoms. The number of halogens is 2. The van der Waals surface area contributed by atoms with E-state index in [0.29, 0.717) is 4.45 Å². The van der Waals surface area contributed by atoms with E-state index >= 15 is 0 Å². The Balaban J connectivity index is 2.97. The van der Waals surface area contributed by atoms with Crippen molar-refractivity contribution in [2.24, 2.45) is 11.5 Å². The van der Waals surface area contributed by atoms with Gasteiger partial charge in [0.1, 0.15) is 0 Å². The molecule has 0 aromatic rings. The van der Waals surface area contributed by atoms with Crippen LogP contribution in [-0.4, -0.2) is 17.7 Å². The second-order valence-corrected chi connectivity index (χ2v) is 7.02. The quantitative estimate of drug-likeness (QED) is 0.473. The van der Waals surface area contributed by atoms with Crippen molar-refractivity contribution in [2.75, 3.05) is 0 Å². The number of hydrogen-bond donors (Lipinski definition) is 2. The first-order valence-corrected chi connectivity index (χ1v) is 5.35. The lowest BCUT2D eigenvalue weighted by Gasteiger charge is -1.98. The Labute approximate surface area is 72.4 Å². The van der Waals surface area contributed by atoms with Crippen molar-refractivity contribution in [3.63, 3.8) is 0 Å². The van der Waals surface area contributed by atoms with E-state index in [1.807, 2.05) is 0 Å². The molecule has 50 valence electrons. The molecule has 0 saturated heterocycles. The summed E-state index contributed by atoms with van der Waals surface area (Å²) in [6.45, 7) is 0. The molecule has 0 saturated carbocycles. The first-order valence-electron chi connectivity index (χ1n) is 2.40. The molecule has 4 N–H and O–H groups in total. The van der Waals surface area contributed by atoms with Gasteiger partial charge in [-0.05, 0) is 0 Å². The number of rotatable bonds is 0. The maximum absolute atomic E-state index is 5.59. The molecule has 1 aliphatic heterocycles. The third-order valence-electron chi connectivity index (χ3n) is 1.16. The van der Waals surface area contributed by atoms with E-state index < -0.39 is 0 Å². The highest BCUT2D eigenvalue weighted by Crippen LogP contribution is 2.15. The van der Waals surface area contributed by atoms with Crippen LogP contribution in [0.4, 0.5) is 0 Å². The Morgan fingerprint density at radius 3 is 2.11 bits per heavy atom. The predicted molar refractivity (Wildman–Crippen MR) is 49.2 cm³/mol. The maximum atomic E-state index is 5.59. The lowest BCUT2D eigenvalue weighted by Crippen LogP contribution is -2.13. The van der Waals surface area contributed by atoms with Gasteiger partial charge in [0, 0.05) is 18.9 Å². The van der Waals surface area contributed by atoms with Crippen LogP contribution in [0.3, 0.4) is 0 Å². The summed E-state index contributed by atoms with van der Waals surface area (Å²) in [5.41, 5.74) is 12.7. The molecular formula is C4H6Br2N2Si. The zero-order chi connectivity index (χ0) is 7.02. The van der Waals surface area contributed by atoms with Crippen molar-refractivity contribution in [1.82, 2.24) is 0 Å². The SMILES string of the molecule is NC1=C(N)C(Br)[SiH]=C1Br. The third-order valence-corrected chi connectivity index (χ3v) is 4.92. The van der Waals surface area contributed by atoms with E-state index in [1.54, 1.807) is 0 Å². The summed E-state index contributed by atoms with van der Waals surface area (Å²) < 4.78 is 1.40. The molecule has 0 amide bonds. The van der Waals surface area contributed by atoms with Crippen LogP contribution in [0.5, 0.6) is 0 Å². The van der Waals surface area contributed by atoms with Gasteiger partial charge in [-0.2, -0.15) is 0 Å². The number of hydrogen-bond acceptors (Lipinski definition) is 2. The molecule has 1 atom stereocenters. The van der Waals surface area contributed by atoms with Gasteiger partial charge in [-0.15, -0.1) is 0 Å². The Bertz CT molecular complexity index is 199. The van der Waals surface area contributed by atoms with E-state index in [0.717, 1.165) is 15.5 Å². The minimum atomic E-state index is 0.183. The molecule has 0 radical (unpaired) electrons. The van der Waals surface area contributed by atoms with Crippen LogP contribution in [0, 0.1) is 0 Å². The largest absolute Gasteiger partial charge is 0.399 e. The van der Waals surface area contributed by atoms with Crippen molar-refractivity contribution < 1.29 is 0 Å². The summed E-state index contributed by atoms with van der Waals surface area (Å²) >= 11 is 6.75. The maximum Gasteiger partial charge on any atom is 0.0612 e. The second-order valence-electron chi connectivity index (χ2n) is 1.79. The first-order chi connectivity index (χ1) is 4.13. The van der Waals surface area contributed by atoms with Gasteiger partial charge in [-0.25, -0.2) is 0 Å². The van der Waals surface area contributed by atoms with Gasteiger partial charge in [-0.1, -0.05) is 31.9 Å². The fraction of sp³-hybridized carbons (Fsp3) is 0.250. The number of allylic oxidation sites excluding steroid dienone is 2. The lowest BCUT2D eigenvalue weighted by atomic mass is 10.4. The Hall–Kier alpha value is 0.387. The fourth-order valence-electron chi connectivity index (χ4n) is 0.594. The van der Waals surface area contributed by atoms with E-state index in [4.69, 9.17) is 11.5 Å². The van der Waals surface area contributed by atoms with Crippen molar-refractivity contribution >= 4 is 45.1 Å². The van der Waals surface area contributed by atoms with Crippen molar-refractivity contribution in [1.29, 1.82) is 0 Å². The second kappa shape index (κ2) is 2.55. The molecule has 0 aromatic heterocycles. The van der Waals surface area contributed by atoms with Gasteiger partial charge < -0.3 is 11.5 Å². The topological polar surface area (TPSA) is 52.0 Å². The highest BCUT2D eigenvalue weighted by Gasteiger charge is 2.17. The van der Waals surface area contributed by atoms with Crippen LogP contribution in [0.1, 0.15) is 0 Å². The summed E-state index contributed by atoms with van der Waals surface area (Å²) in [7, 11) is 0.183. The van der Waals surface area contributed by atoms with Crippen LogP contribution in [0.25, 0.3) is 0 Å². The lowest BCUT2D eigenvalue weighted by molar-refractivity contribution is 1.23. The van der Waals surface area contributed by atoms with Gasteiger partial charge in [-0.3, -0.25) is 0 Å². The minimum Gasteiger partial charge on any atom is -0.399 e. The predicted octanol–water partition coefficient (Wildman–Crippen LogP) is -0.189. The van der Waals surface area contributed by atoms with Crippen LogP contribution < -0.4 is 11.5 Å². The number of alkyl halides is 1. The van der Waals surface area contributed by atoms with Crippen molar-refractivity contribution in [3.05, 3.63) is 11.4 Å². The standard InChI is InChI=1S/C4H6Br2N2Si/c5-3-1(7)2(8)4(6)9-3/h3,9H,7-8H2. The van der Waals surface area contributed by atoms with E-state index in [2.05, 4.69) is 31.9 Å². The van der Waals surface area contributed by atoms with Crippen molar-refractivity contribution in [2.45, 2.75) is 4.45 Å². The average molecular weight is 270 g/mol. The summed E-state index contributed by atoms with van der Waals surface area (Å²) in [6, 6.07) is 0. The molecule has 0 aliphatic carbocycles. The van der Waals surface area contributed by atoms with Gasteiger partial charge >= 0.3 is 0 Å². The Morgan fingerprint density at radius 2 is 2.00 bits per heavy atom. The zero-order valence-corrected chi connectivity index (χ0v) is 8.89.